The lowest BCUT2D eigenvalue weighted by Crippen LogP contribution is -2.32. The van der Waals surface area contributed by atoms with Crippen molar-refractivity contribution in [2.75, 3.05) is 5.01 Å². The smallest absolute Gasteiger partial charge is 0.226 e. The number of benzene rings is 2. The number of hydrogen-bond donors (Lipinski definition) is 2. The van der Waals surface area contributed by atoms with Gasteiger partial charge in [-0.1, -0.05) is 48.9 Å². The Labute approximate surface area is 222 Å². The molecule has 0 saturated heterocycles. The lowest BCUT2D eigenvalue weighted by atomic mass is 9.78. The molecular weight excluding hydrogens is 475 g/mol. The summed E-state index contributed by atoms with van der Waals surface area (Å²) in [6, 6.07) is 22.4. The first-order valence-electron chi connectivity index (χ1n) is 13.3. The largest absolute Gasteiger partial charge is 0.349 e. The molecular formula is C32H31FN4O. The number of amides is 1. The zero-order valence-corrected chi connectivity index (χ0v) is 21.4. The molecule has 0 saturated carbocycles. The van der Waals surface area contributed by atoms with Gasteiger partial charge in [0.1, 0.15) is 5.82 Å². The van der Waals surface area contributed by atoms with Crippen molar-refractivity contribution in [3.63, 3.8) is 0 Å². The topological polar surface area (TPSA) is 57.3 Å². The van der Waals surface area contributed by atoms with Crippen LogP contribution in [-0.2, 0) is 11.2 Å². The van der Waals surface area contributed by atoms with Gasteiger partial charge in [-0.25, -0.2) is 4.39 Å². The Kier molecular flexibility index (Phi) is 6.54. The molecule has 2 aromatic carbocycles. The summed E-state index contributed by atoms with van der Waals surface area (Å²) in [5.74, 6) is 0.382. The fraction of sp³-hybridized carbons (Fsp3) is 0.250. The first kappa shape index (κ1) is 24.2. The van der Waals surface area contributed by atoms with Crippen LogP contribution in [0.15, 0.2) is 114 Å². The number of pyridine rings is 1. The summed E-state index contributed by atoms with van der Waals surface area (Å²) in [5, 5.41) is 5.35. The Morgan fingerprint density at radius 3 is 2.66 bits per heavy atom. The molecule has 2 heterocycles. The van der Waals surface area contributed by atoms with E-state index >= 15 is 0 Å². The van der Waals surface area contributed by atoms with Crippen molar-refractivity contribution >= 4 is 11.6 Å². The predicted molar refractivity (Wildman–Crippen MR) is 147 cm³/mol. The minimum atomic E-state index is -0.240. The van der Waals surface area contributed by atoms with E-state index in [4.69, 9.17) is 0 Å². The van der Waals surface area contributed by atoms with Crippen molar-refractivity contribution in [3.8, 4) is 0 Å². The molecule has 1 aromatic heterocycles. The number of aromatic nitrogens is 1. The van der Waals surface area contributed by atoms with Crippen LogP contribution in [0, 0.1) is 17.7 Å². The number of carbonyl (C=O) groups excluding carboxylic acids is 1. The molecule has 3 aliphatic rings. The molecule has 1 aliphatic heterocycles. The van der Waals surface area contributed by atoms with Gasteiger partial charge in [0.15, 0.2) is 0 Å². The number of nitrogens with one attached hydrogen (secondary N) is 2. The first-order chi connectivity index (χ1) is 18.6. The van der Waals surface area contributed by atoms with E-state index in [2.05, 4.69) is 47.1 Å². The molecule has 0 radical (unpaired) electrons. The van der Waals surface area contributed by atoms with Crippen molar-refractivity contribution in [2.24, 2.45) is 11.8 Å². The Morgan fingerprint density at radius 1 is 1.11 bits per heavy atom. The highest BCUT2D eigenvalue weighted by molar-refractivity contribution is 5.78. The van der Waals surface area contributed by atoms with Gasteiger partial charge in [-0.3, -0.25) is 14.8 Å². The molecule has 1 unspecified atom stereocenters. The molecule has 192 valence electrons. The molecule has 6 heteroatoms. The van der Waals surface area contributed by atoms with Crippen LogP contribution in [0.1, 0.15) is 43.5 Å². The molecule has 0 bridgehead atoms. The maximum atomic E-state index is 13.5. The second kappa shape index (κ2) is 10.3. The van der Waals surface area contributed by atoms with Gasteiger partial charge in [-0.05, 0) is 78.8 Å². The molecule has 6 rings (SSSR count). The molecule has 38 heavy (non-hydrogen) atoms. The van der Waals surface area contributed by atoms with Gasteiger partial charge < -0.3 is 10.7 Å². The first-order valence-corrected chi connectivity index (χ1v) is 13.3. The minimum absolute atomic E-state index is 0.0127. The number of halogens is 1. The normalized spacial score (nSPS) is 20.7. The SMILES string of the molecule is C[C@H]1C2=CNN(c3ccc(F)cc3)C2=CC2=C1[C@@H](CC(NC(=O)Cc1ccccn1)c1ccccc1)CC2. The van der Waals surface area contributed by atoms with Gasteiger partial charge >= 0.3 is 0 Å². The Balaban J connectivity index is 1.24. The van der Waals surface area contributed by atoms with Crippen LogP contribution in [0.4, 0.5) is 10.1 Å². The van der Waals surface area contributed by atoms with Gasteiger partial charge in [0.25, 0.3) is 0 Å². The quantitative estimate of drug-likeness (QED) is 0.403. The summed E-state index contributed by atoms with van der Waals surface area (Å²) < 4.78 is 13.5. The Hall–Kier alpha value is -4.19. The van der Waals surface area contributed by atoms with E-state index in [1.54, 1.807) is 18.3 Å². The third-order valence-electron chi connectivity index (χ3n) is 7.91. The van der Waals surface area contributed by atoms with Gasteiger partial charge in [-0.2, -0.15) is 0 Å². The van der Waals surface area contributed by atoms with E-state index in [-0.39, 0.29) is 30.1 Å². The summed E-state index contributed by atoms with van der Waals surface area (Å²) in [5.41, 5.74) is 11.4. The van der Waals surface area contributed by atoms with E-state index in [1.807, 2.05) is 41.4 Å². The van der Waals surface area contributed by atoms with E-state index < -0.39 is 0 Å². The lowest BCUT2D eigenvalue weighted by molar-refractivity contribution is -0.121. The standard InChI is InChI=1S/C32H31FN4O/c1-21-28-20-35-37(27-14-12-25(33)13-15-27)30(28)18-24-11-10-23(32(21)24)17-29(22-7-3-2-4-8-22)36-31(38)19-26-9-5-6-16-34-26/h2-9,12-16,18,20-21,23,29,35H,10-11,17,19H2,1H3,(H,36,38)/t21-,23+,29?/m0/s1. The van der Waals surface area contributed by atoms with Crippen LogP contribution in [0.25, 0.3) is 0 Å². The van der Waals surface area contributed by atoms with Crippen molar-refractivity contribution in [1.82, 2.24) is 15.7 Å². The monoisotopic (exact) mass is 506 g/mol. The number of anilines is 1. The summed E-state index contributed by atoms with van der Waals surface area (Å²) >= 11 is 0. The van der Waals surface area contributed by atoms with Gasteiger partial charge in [-0.15, -0.1) is 0 Å². The number of carbonyl (C=O) groups is 1. The molecule has 0 spiro atoms. The highest BCUT2D eigenvalue weighted by atomic mass is 19.1. The molecule has 1 amide bonds. The van der Waals surface area contributed by atoms with Crippen molar-refractivity contribution < 1.29 is 9.18 Å². The highest BCUT2D eigenvalue weighted by Crippen LogP contribution is 2.49. The number of rotatable bonds is 7. The molecule has 2 aliphatic carbocycles. The van der Waals surface area contributed by atoms with Crippen LogP contribution in [0.5, 0.6) is 0 Å². The number of fused-ring (bicyclic) bond motifs is 1. The van der Waals surface area contributed by atoms with E-state index in [1.165, 1.54) is 28.9 Å². The van der Waals surface area contributed by atoms with Gasteiger partial charge in [0.05, 0.1) is 23.8 Å². The molecule has 3 aromatic rings. The maximum absolute atomic E-state index is 13.5. The number of hydrogen-bond acceptors (Lipinski definition) is 4. The average Bonchev–Trinajstić information content (AvgIpc) is 3.55. The van der Waals surface area contributed by atoms with Crippen molar-refractivity contribution in [2.45, 2.75) is 38.6 Å². The summed E-state index contributed by atoms with van der Waals surface area (Å²) in [6.45, 7) is 2.28. The minimum Gasteiger partial charge on any atom is -0.349 e. The lowest BCUT2D eigenvalue weighted by Gasteiger charge is -2.31. The average molecular weight is 507 g/mol. The van der Waals surface area contributed by atoms with Crippen LogP contribution < -0.4 is 15.8 Å². The molecule has 3 atom stereocenters. The van der Waals surface area contributed by atoms with E-state index in [0.717, 1.165) is 41.9 Å². The molecule has 5 nitrogen and oxygen atoms in total. The van der Waals surface area contributed by atoms with Crippen molar-refractivity contribution in [1.29, 1.82) is 0 Å². The van der Waals surface area contributed by atoms with Gasteiger partial charge in [0, 0.05) is 29.6 Å². The number of nitrogens with zero attached hydrogens (tertiary/aromatic N) is 2. The van der Waals surface area contributed by atoms with E-state index in [9.17, 15) is 9.18 Å². The maximum Gasteiger partial charge on any atom is 0.226 e. The van der Waals surface area contributed by atoms with Crippen LogP contribution >= 0.6 is 0 Å². The summed E-state index contributed by atoms with van der Waals surface area (Å²) in [6.07, 6.45) is 9.29. The van der Waals surface area contributed by atoms with E-state index in [0.29, 0.717) is 5.92 Å². The highest BCUT2D eigenvalue weighted by Gasteiger charge is 2.39. The molecule has 2 N–H and O–H groups in total. The zero-order valence-electron chi connectivity index (χ0n) is 21.4. The Bertz CT molecular complexity index is 1410. The second-order valence-corrected chi connectivity index (χ2v) is 10.3. The Morgan fingerprint density at radius 2 is 1.89 bits per heavy atom. The van der Waals surface area contributed by atoms with Crippen LogP contribution in [-0.4, -0.2) is 10.9 Å². The zero-order chi connectivity index (χ0) is 26.1. The number of hydrazine groups is 1. The third-order valence-corrected chi connectivity index (χ3v) is 7.91. The second-order valence-electron chi connectivity index (χ2n) is 10.3. The van der Waals surface area contributed by atoms with Crippen molar-refractivity contribution in [3.05, 3.63) is 131 Å². The third kappa shape index (κ3) is 4.74. The summed E-state index contributed by atoms with van der Waals surface area (Å²) in [7, 11) is 0. The fourth-order valence-electron chi connectivity index (χ4n) is 6.12. The van der Waals surface area contributed by atoms with Crippen LogP contribution in [0.2, 0.25) is 0 Å². The van der Waals surface area contributed by atoms with Gasteiger partial charge in [0.2, 0.25) is 5.91 Å². The number of allylic oxidation sites excluding steroid dienone is 4. The predicted octanol–water partition coefficient (Wildman–Crippen LogP) is 6.16. The van der Waals surface area contributed by atoms with Crippen LogP contribution in [0.3, 0.4) is 0 Å². The summed E-state index contributed by atoms with van der Waals surface area (Å²) in [4.78, 5) is 17.4. The molecule has 0 fully saturated rings. The fourth-order valence-corrected chi connectivity index (χ4v) is 6.12.